The molecule has 1 aliphatic heterocycles. The number of nitrogens with one attached hydrogen (secondary N) is 1. The first-order valence-electron chi connectivity index (χ1n) is 12.1. The van der Waals surface area contributed by atoms with Gasteiger partial charge in [0.05, 0.1) is 6.61 Å². The summed E-state index contributed by atoms with van der Waals surface area (Å²) in [4.78, 5) is 2.28. The van der Waals surface area contributed by atoms with Gasteiger partial charge in [0.2, 0.25) is 0 Å². The number of β-amino-alcohol motifs (C(OH)–C–C–N with tert-alkyl or cyclic N) is 1. The van der Waals surface area contributed by atoms with Crippen LogP contribution in [-0.2, 0) is 10.2 Å². The van der Waals surface area contributed by atoms with Gasteiger partial charge in [-0.15, -0.1) is 11.6 Å². The number of hydrogen-bond donors (Lipinski definition) is 2. The van der Waals surface area contributed by atoms with Crippen LogP contribution in [0.4, 0.5) is 0 Å². The molecule has 1 saturated heterocycles. The fourth-order valence-electron chi connectivity index (χ4n) is 4.22. The van der Waals surface area contributed by atoms with E-state index in [1.807, 2.05) is 18.2 Å². The third kappa shape index (κ3) is 8.18. The van der Waals surface area contributed by atoms with Crippen LogP contribution in [0.1, 0.15) is 38.7 Å². The van der Waals surface area contributed by atoms with E-state index >= 15 is 0 Å². The smallest absolute Gasteiger partial charge is 0.119 e. The van der Waals surface area contributed by atoms with Crippen molar-refractivity contribution in [3.05, 3.63) is 65.5 Å². The maximum Gasteiger partial charge on any atom is 0.119 e. The number of ether oxygens (including phenoxy) is 2. The first-order chi connectivity index (χ1) is 16.0. The van der Waals surface area contributed by atoms with Gasteiger partial charge in [0.1, 0.15) is 24.2 Å². The van der Waals surface area contributed by atoms with E-state index < -0.39 is 6.10 Å². The summed E-state index contributed by atoms with van der Waals surface area (Å²) in [5.74, 6) is 2.33. The van der Waals surface area contributed by atoms with Gasteiger partial charge in [-0.2, -0.15) is 0 Å². The Morgan fingerprint density at radius 3 is 2.61 bits per heavy atom. The summed E-state index contributed by atoms with van der Waals surface area (Å²) in [6.45, 7) is 10.1. The van der Waals surface area contributed by atoms with Crippen molar-refractivity contribution < 1.29 is 14.6 Å². The summed E-state index contributed by atoms with van der Waals surface area (Å²) in [6, 6.07) is 8.40. The fraction of sp³-hybridized carbons (Fsp3) is 0.556. The van der Waals surface area contributed by atoms with Gasteiger partial charge in [0, 0.05) is 44.0 Å². The van der Waals surface area contributed by atoms with Crippen LogP contribution >= 0.6 is 11.6 Å². The van der Waals surface area contributed by atoms with Crippen LogP contribution in [0.5, 0.6) is 5.75 Å². The number of piperazine rings is 1. The highest BCUT2D eigenvalue weighted by atomic mass is 35.5. The molecule has 0 radical (unpaired) electrons. The van der Waals surface area contributed by atoms with E-state index in [9.17, 15) is 5.11 Å². The van der Waals surface area contributed by atoms with Crippen molar-refractivity contribution in [3.8, 4) is 5.75 Å². The number of halogens is 1. The van der Waals surface area contributed by atoms with Crippen LogP contribution in [0, 0.1) is 0 Å². The zero-order valence-corrected chi connectivity index (χ0v) is 20.8. The van der Waals surface area contributed by atoms with E-state index in [0.717, 1.165) is 57.0 Å². The molecule has 0 amide bonds. The van der Waals surface area contributed by atoms with Crippen LogP contribution in [0.3, 0.4) is 0 Å². The monoisotopic (exact) mass is 474 g/mol. The number of aliphatic hydroxyl groups is 1. The second-order valence-electron chi connectivity index (χ2n) is 9.23. The molecule has 0 unspecified atom stereocenters. The Labute approximate surface area is 204 Å². The zero-order chi connectivity index (χ0) is 23.5. The lowest BCUT2D eigenvalue weighted by Crippen LogP contribution is -2.47. The van der Waals surface area contributed by atoms with Gasteiger partial charge in [-0.1, -0.05) is 43.7 Å². The van der Waals surface area contributed by atoms with Crippen molar-refractivity contribution in [1.82, 2.24) is 10.2 Å². The minimum atomic E-state index is -0.477. The summed E-state index contributed by atoms with van der Waals surface area (Å²) < 4.78 is 11.6. The van der Waals surface area contributed by atoms with Gasteiger partial charge >= 0.3 is 0 Å². The number of allylic oxidation sites excluding steroid dienone is 5. The number of nitrogens with zero attached hydrogens (tertiary/aromatic N) is 1. The summed E-state index contributed by atoms with van der Waals surface area (Å²) >= 11 is 5.72. The highest BCUT2D eigenvalue weighted by Crippen LogP contribution is 2.35. The van der Waals surface area contributed by atoms with Gasteiger partial charge in [-0.25, -0.2) is 0 Å². The minimum absolute atomic E-state index is 0.0787. The lowest BCUT2D eigenvalue weighted by molar-refractivity contribution is 0.0427. The zero-order valence-electron chi connectivity index (χ0n) is 20.1. The number of alkyl halides is 1. The van der Waals surface area contributed by atoms with Crippen molar-refractivity contribution in [2.24, 2.45) is 0 Å². The van der Waals surface area contributed by atoms with Crippen LogP contribution in [0.2, 0.25) is 0 Å². The van der Waals surface area contributed by atoms with Crippen LogP contribution in [-0.4, -0.2) is 67.9 Å². The largest absolute Gasteiger partial charge is 0.494 e. The van der Waals surface area contributed by atoms with E-state index in [1.165, 1.54) is 11.1 Å². The summed E-state index contributed by atoms with van der Waals surface area (Å²) in [5, 5.41) is 13.7. The van der Waals surface area contributed by atoms with Crippen molar-refractivity contribution in [1.29, 1.82) is 0 Å². The number of aliphatic hydroxyl groups excluding tert-OH is 1. The number of benzene rings is 1. The molecular weight excluding hydrogens is 436 g/mol. The molecule has 3 rings (SSSR count). The Balaban J connectivity index is 1.52. The maximum absolute atomic E-state index is 10.3. The molecule has 182 valence electrons. The average Bonchev–Trinajstić information content (AvgIpc) is 2.79. The first kappa shape index (κ1) is 25.8. The van der Waals surface area contributed by atoms with E-state index in [-0.39, 0.29) is 5.41 Å². The summed E-state index contributed by atoms with van der Waals surface area (Å²) in [6.07, 6.45) is 10.6. The molecule has 1 heterocycles. The minimum Gasteiger partial charge on any atom is -0.494 e. The Hall–Kier alpha value is -1.79. The Bertz CT molecular complexity index is 811. The average molecular weight is 475 g/mol. The summed E-state index contributed by atoms with van der Waals surface area (Å²) in [7, 11) is 0. The van der Waals surface area contributed by atoms with Crippen molar-refractivity contribution in [2.75, 3.05) is 51.8 Å². The predicted octanol–water partition coefficient (Wildman–Crippen LogP) is 4.41. The van der Waals surface area contributed by atoms with E-state index in [2.05, 4.69) is 54.4 Å². The molecule has 0 saturated carbocycles. The topological polar surface area (TPSA) is 54.0 Å². The van der Waals surface area contributed by atoms with E-state index in [0.29, 0.717) is 25.6 Å². The molecule has 2 aliphatic rings. The fourth-order valence-corrected chi connectivity index (χ4v) is 4.33. The van der Waals surface area contributed by atoms with Crippen LogP contribution in [0.25, 0.3) is 0 Å². The van der Waals surface area contributed by atoms with Gasteiger partial charge in [-0.05, 0) is 49.1 Å². The molecule has 1 aromatic rings. The molecule has 1 aliphatic carbocycles. The highest BCUT2D eigenvalue weighted by Gasteiger charge is 2.25. The van der Waals surface area contributed by atoms with Crippen LogP contribution < -0.4 is 10.1 Å². The number of hydrogen-bond acceptors (Lipinski definition) is 5. The highest BCUT2D eigenvalue weighted by molar-refractivity contribution is 6.17. The van der Waals surface area contributed by atoms with E-state index in [4.69, 9.17) is 21.1 Å². The lowest BCUT2D eigenvalue weighted by atomic mass is 9.75. The van der Waals surface area contributed by atoms with Gasteiger partial charge in [0.25, 0.3) is 0 Å². The normalized spacial score (nSPS) is 22.8. The molecule has 0 bridgehead atoms. The molecule has 1 aromatic carbocycles. The third-order valence-electron chi connectivity index (χ3n) is 6.35. The Morgan fingerprint density at radius 2 is 1.88 bits per heavy atom. The molecule has 6 heteroatoms. The van der Waals surface area contributed by atoms with Crippen molar-refractivity contribution in [2.45, 2.75) is 44.6 Å². The summed E-state index contributed by atoms with van der Waals surface area (Å²) in [5.41, 5.74) is 2.57. The molecular formula is C27H39ClN2O3. The second kappa shape index (κ2) is 13.2. The predicted molar refractivity (Wildman–Crippen MR) is 136 cm³/mol. The van der Waals surface area contributed by atoms with Crippen molar-refractivity contribution in [3.63, 3.8) is 0 Å². The van der Waals surface area contributed by atoms with Gasteiger partial charge < -0.3 is 19.9 Å². The quantitative estimate of drug-likeness (QED) is 0.282. The molecule has 0 aromatic heterocycles. The molecule has 1 atom stereocenters. The SMILES string of the molecule is CC(C)(/C1=C/C/C=C(OC[C@H](O)CN2CCNCC2)\C=C/C1)c1ccc(OCCCCl)cc1. The third-order valence-corrected chi connectivity index (χ3v) is 6.62. The van der Waals surface area contributed by atoms with E-state index in [1.54, 1.807) is 0 Å². The standard InChI is InChI=1S/C27H39ClN2O3/c1-27(2,23-10-12-26(13-11-23)32-19-5-14-28)22-6-3-8-25(9-4-7-22)33-21-24(31)20-30-17-15-29-16-18-30/h3,7-13,24,29,31H,4-6,14-21H2,1-2H3/b8-3-,22-7+,25-9+/t24-/m1/s1. The molecule has 1 fully saturated rings. The maximum atomic E-state index is 10.3. The lowest BCUT2D eigenvalue weighted by Gasteiger charge is -2.30. The number of rotatable bonds is 11. The van der Waals surface area contributed by atoms with Gasteiger partial charge in [0.15, 0.2) is 0 Å². The molecule has 5 nitrogen and oxygen atoms in total. The van der Waals surface area contributed by atoms with Crippen LogP contribution in [0.15, 0.2) is 59.9 Å². The van der Waals surface area contributed by atoms with Crippen molar-refractivity contribution >= 4 is 11.6 Å². The molecule has 0 spiro atoms. The Kier molecular flexibility index (Phi) is 10.3. The first-order valence-corrected chi connectivity index (χ1v) is 12.6. The Morgan fingerprint density at radius 1 is 1.12 bits per heavy atom. The molecule has 2 N–H and O–H groups in total. The second-order valence-corrected chi connectivity index (χ2v) is 9.61. The van der Waals surface area contributed by atoms with Gasteiger partial charge in [-0.3, -0.25) is 4.90 Å². The molecule has 33 heavy (non-hydrogen) atoms.